The van der Waals surface area contributed by atoms with E-state index in [9.17, 15) is 24.0 Å². The van der Waals surface area contributed by atoms with E-state index >= 15 is 0 Å². The molecule has 2 saturated heterocycles. The molecule has 2 unspecified atom stereocenters. The SMILES string of the molecule is C=C(C)C(=O)OCCOC(=O)C(CCC(=O)OCC1CO1)(CCC(=O)OCC1CO1)C(C)=O. The molecule has 2 atom stereocenters. The minimum absolute atomic E-state index is 0.0972. The van der Waals surface area contributed by atoms with Gasteiger partial charge in [-0.15, -0.1) is 0 Å². The fourth-order valence-corrected chi connectivity index (χ4v) is 2.83. The number of hydrogen-bond acceptors (Lipinski definition) is 11. The van der Waals surface area contributed by atoms with E-state index in [1.807, 2.05) is 0 Å². The maximum atomic E-state index is 12.9. The summed E-state index contributed by atoms with van der Waals surface area (Å²) < 4.78 is 30.1. The van der Waals surface area contributed by atoms with Crippen LogP contribution < -0.4 is 0 Å². The molecule has 11 nitrogen and oxygen atoms in total. The highest BCUT2D eigenvalue weighted by Crippen LogP contribution is 2.33. The molecular weight excluding hydrogens is 440 g/mol. The van der Waals surface area contributed by atoms with Gasteiger partial charge in [-0.25, -0.2) is 4.79 Å². The summed E-state index contributed by atoms with van der Waals surface area (Å²) in [6.07, 6.45) is -1.15. The summed E-state index contributed by atoms with van der Waals surface area (Å²) in [5.41, 5.74) is -1.58. The van der Waals surface area contributed by atoms with Crippen molar-refractivity contribution < 1.29 is 52.4 Å². The Morgan fingerprint density at radius 1 is 0.818 bits per heavy atom. The van der Waals surface area contributed by atoms with Crippen LogP contribution in [0.1, 0.15) is 39.5 Å². The number of ketones is 1. The van der Waals surface area contributed by atoms with Gasteiger partial charge in [-0.05, 0) is 26.7 Å². The van der Waals surface area contributed by atoms with Gasteiger partial charge in [-0.2, -0.15) is 0 Å². The molecule has 0 radical (unpaired) electrons. The molecule has 0 N–H and O–H groups in total. The van der Waals surface area contributed by atoms with Gasteiger partial charge in [0.15, 0.2) is 0 Å². The van der Waals surface area contributed by atoms with Crippen molar-refractivity contribution in [1.29, 1.82) is 0 Å². The summed E-state index contributed by atoms with van der Waals surface area (Å²) in [5, 5.41) is 0. The highest BCUT2D eigenvalue weighted by Gasteiger charge is 2.45. The van der Waals surface area contributed by atoms with Crippen LogP contribution in [-0.4, -0.2) is 81.5 Å². The van der Waals surface area contributed by atoms with Gasteiger partial charge in [-0.3, -0.25) is 19.2 Å². The van der Waals surface area contributed by atoms with Crippen LogP contribution in [-0.2, 0) is 52.4 Å². The zero-order valence-electron chi connectivity index (χ0n) is 18.9. The molecule has 0 saturated carbocycles. The third-order valence-corrected chi connectivity index (χ3v) is 5.14. The number of esters is 4. The number of hydrogen-bond donors (Lipinski definition) is 0. The first-order chi connectivity index (χ1) is 15.6. The van der Waals surface area contributed by atoms with E-state index in [2.05, 4.69) is 6.58 Å². The summed E-state index contributed by atoms with van der Waals surface area (Å²) in [6, 6.07) is 0. The van der Waals surface area contributed by atoms with Gasteiger partial charge in [0.1, 0.15) is 49.8 Å². The fourth-order valence-electron chi connectivity index (χ4n) is 2.83. The Kier molecular flexibility index (Phi) is 9.98. The number of carbonyl (C=O) groups is 5. The topological polar surface area (TPSA) is 147 Å². The van der Waals surface area contributed by atoms with Crippen molar-refractivity contribution in [3.63, 3.8) is 0 Å². The van der Waals surface area contributed by atoms with E-state index in [0.29, 0.717) is 13.2 Å². The first-order valence-electron chi connectivity index (χ1n) is 10.7. The lowest BCUT2D eigenvalue weighted by atomic mass is 9.75. The molecule has 0 aromatic carbocycles. The molecule has 0 aromatic heterocycles. The van der Waals surface area contributed by atoms with Crippen LogP contribution >= 0.6 is 0 Å². The van der Waals surface area contributed by atoms with Crippen molar-refractivity contribution >= 4 is 29.7 Å². The Morgan fingerprint density at radius 2 is 1.27 bits per heavy atom. The number of carbonyl (C=O) groups excluding carboxylic acids is 5. The van der Waals surface area contributed by atoms with Crippen molar-refractivity contribution in [2.75, 3.05) is 39.6 Å². The lowest BCUT2D eigenvalue weighted by Crippen LogP contribution is -2.41. The van der Waals surface area contributed by atoms with E-state index in [1.165, 1.54) is 13.8 Å². The Morgan fingerprint density at radius 3 is 1.67 bits per heavy atom. The first-order valence-corrected chi connectivity index (χ1v) is 10.7. The standard InChI is InChI=1S/C22H30O11/c1-14(2)20(26)28-8-9-29-21(27)22(15(3)23,6-4-18(24)32-12-16-10-30-16)7-5-19(25)33-13-17-11-31-17/h16-17H,1,4-13H2,2-3H3. The van der Waals surface area contributed by atoms with Gasteiger partial charge in [0.05, 0.1) is 13.2 Å². The van der Waals surface area contributed by atoms with E-state index in [4.69, 9.17) is 28.4 Å². The second-order valence-corrected chi connectivity index (χ2v) is 7.97. The molecule has 2 fully saturated rings. The number of epoxide rings is 2. The first kappa shape index (κ1) is 26.5. The summed E-state index contributed by atoms with van der Waals surface area (Å²) >= 11 is 0. The van der Waals surface area contributed by atoms with Gasteiger partial charge in [0, 0.05) is 18.4 Å². The van der Waals surface area contributed by atoms with Crippen molar-refractivity contribution in [2.45, 2.75) is 51.7 Å². The molecule has 2 aliphatic heterocycles. The Balaban J connectivity index is 1.96. The molecule has 0 aromatic rings. The van der Waals surface area contributed by atoms with E-state index < -0.39 is 35.1 Å². The molecule has 0 spiro atoms. The quantitative estimate of drug-likeness (QED) is 0.0782. The summed E-state index contributed by atoms with van der Waals surface area (Å²) in [6.45, 7) is 6.78. The minimum atomic E-state index is -1.76. The normalized spacial score (nSPS) is 20.1. The van der Waals surface area contributed by atoms with Crippen molar-refractivity contribution in [3.05, 3.63) is 12.2 Å². The summed E-state index contributed by atoms with van der Waals surface area (Å²) in [4.78, 5) is 61.1. The fraction of sp³-hybridized carbons (Fsp3) is 0.682. The predicted octanol–water partition coefficient (Wildman–Crippen LogP) is 0.669. The predicted molar refractivity (Wildman–Crippen MR) is 110 cm³/mol. The molecule has 33 heavy (non-hydrogen) atoms. The van der Waals surface area contributed by atoms with Crippen LogP contribution in [0.15, 0.2) is 12.2 Å². The van der Waals surface area contributed by atoms with Gasteiger partial charge in [0.2, 0.25) is 0 Å². The Hall–Kier alpha value is -2.79. The summed E-state index contributed by atoms with van der Waals surface area (Å²) in [5.74, 6) is -3.34. The summed E-state index contributed by atoms with van der Waals surface area (Å²) in [7, 11) is 0. The maximum absolute atomic E-state index is 12.9. The van der Waals surface area contributed by atoms with Crippen molar-refractivity contribution in [3.8, 4) is 0 Å². The van der Waals surface area contributed by atoms with Crippen molar-refractivity contribution in [1.82, 2.24) is 0 Å². The molecule has 0 bridgehead atoms. The molecule has 11 heteroatoms. The van der Waals surface area contributed by atoms with Gasteiger partial charge < -0.3 is 28.4 Å². The Bertz CT molecular complexity index is 732. The van der Waals surface area contributed by atoms with E-state index in [1.54, 1.807) is 0 Å². The molecule has 2 aliphatic rings. The molecule has 0 amide bonds. The second kappa shape index (κ2) is 12.4. The van der Waals surface area contributed by atoms with Crippen LogP contribution in [0.5, 0.6) is 0 Å². The third kappa shape index (κ3) is 9.30. The van der Waals surface area contributed by atoms with Gasteiger partial charge in [0.25, 0.3) is 0 Å². The van der Waals surface area contributed by atoms with Crippen LogP contribution in [0, 0.1) is 5.41 Å². The monoisotopic (exact) mass is 470 g/mol. The van der Waals surface area contributed by atoms with Crippen LogP contribution in [0.25, 0.3) is 0 Å². The van der Waals surface area contributed by atoms with Gasteiger partial charge >= 0.3 is 23.9 Å². The average Bonchev–Trinajstić information content (AvgIpc) is 3.68. The zero-order chi connectivity index (χ0) is 24.4. The molecule has 0 aliphatic carbocycles. The number of rotatable bonds is 16. The Labute approximate surface area is 191 Å². The van der Waals surface area contributed by atoms with E-state index in [-0.39, 0.29) is 69.9 Å². The highest BCUT2D eigenvalue weighted by atomic mass is 16.6. The molecular formula is C22H30O11. The highest BCUT2D eigenvalue weighted by molar-refractivity contribution is 6.03. The van der Waals surface area contributed by atoms with E-state index in [0.717, 1.165) is 0 Å². The molecule has 2 heterocycles. The number of ether oxygens (including phenoxy) is 6. The third-order valence-electron chi connectivity index (χ3n) is 5.14. The largest absolute Gasteiger partial charge is 0.463 e. The maximum Gasteiger partial charge on any atom is 0.333 e. The second-order valence-electron chi connectivity index (χ2n) is 7.97. The van der Waals surface area contributed by atoms with Crippen LogP contribution in [0.3, 0.4) is 0 Å². The minimum Gasteiger partial charge on any atom is -0.463 e. The lowest BCUT2D eigenvalue weighted by Gasteiger charge is -2.28. The molecule has 184 valence electrons. The number of Topliss-reactive ketones (excluding diaryl/α,β-unsaturated/α-hetero) is 1. The zero-order valence-corrected chi connectivity index (χ0v) is 18.9. The van der Waals surface area contributed by atoms with Crippen LogP contribution in [0.4, 0.5) is 0 Å². The molecule has 2 rings (SSSR count). The van der Waals surface area contributed by atoms with Crippen molar-refractivity contribution in [2.24, 2.45) is 5.41 Å². The van der Waals surface area contributed by atoms with Gasteiger partial charge in [-0.1, -0.05) is 6.58 Å². The smallest absolute Gasteiger partial charge is 0.333 e. The average molecular weight is 470 g/mol. The lowest BCUT2D eigenvalue weighted by molar-refractivity contribution is -0.165. The van der Waals surface area contributed by atoms with Crippen LogP contribution in [0.2, 0.25) is 0 Å².